The van der Waals surface area contributed by atoms with Crippen LogP contribution < -0.4 is 0 Å². The first-order valence-electron chi connectivity index (χ1n) is 7.57. The van der Waals surface area contributed by atoms with E-state index in [1.807, 2.05) is 11.7 Å². The van der Waals surface area contributed by atoms with Crippen LogP contribution >= 0.6 is 12.2 Å². The van der Waals surface area contributed by atoms with Gasteiger partial charge in [-0.1, -0.05) is 6.92 Å². The zero-order valence-corrected chi connectivity index (χ0v) is 12.9. The van der Waals surface area contributed by atoms with Crippen molar-refractivity contribution in [3.05, 3.63) is 10.5 Å². The molecule has 2 bridgehead atoms. The summed E-state index contributed by atoms with van der Waals surface area (Å²) >= 11 is 5.62. The number of hydrogen-bond donors (Lipinski definition) is 1. The Kier molecular flexibility index (Phi) is 2.79. The van der Waals surface area contributed by atoms with E-state index in [4.69, 9.17) is 12.2 Å². The highest BCUT2D eigenvalue weighted by Gasteiger charge is 2.36. The molecular formula is C14H21N5S. The Labute approximate surface area is 123 Å². The molecule has 6 heteroatoms. The van der Waals surface area contributed by atoms with E-state index in [1.54, 1.807) is 0 Å². The van der Waals surface area contributed by atoms with Crippen LogP contribution in [0.5, 0.6) is 0 Å². The fourth-order valence-corrected chi connectivity index (χ4v) is 4.34. The highest BCUT2D eigenvalue weighted by Crippen LogP contribution is 2.37. The van der Waals surface area contributed by atoms with Gasteiger partial charge in [0.25, 0.3) is 0 Å². The Morgan fingerprint density at radius 3 is 2.70 bits per heavy atom. The molecule has 0 aliphatic carbocycles. The zero-order valence-electron chi connectivity index (χ0n) is 12.1. The zero-order chi connectivity index (χ0) is 13.9. The number of imidazole rings is 1. The molecule has 0 saturated carbocycles. The fourth-order valence-electron chi connectivity index (χ4n) is 4.02. The Balaban J connectivity index is 1.89. The van der Waals surface area contributed by atoms with Gasteiger partial charge in [-0.3, -0.25) is 9.25 Å². The smallest absolute Gasteiger partial charge is 0.179 e. The maximum atomic E-state index is 5.62. The molecule has 0 spiro atoms. The van der Waals surface area contributed by atoms with Gasteiger partial charge in [0, 0.05) is 13.6 Å². The van der Waals surface area contributed by atoms with Gasteiger partial charge in [-0.25, -0.2) is 0 Å². The van der Waals surface area contributed by atoms with Crippen molar-refractivity contribution in [3.63, 3.8) is 0 Å². The fraction of sp³-hybridized carbons (Fsp3) is 0.714. The van der Waals surface area contributed by atoms with Gasteiger partial charge in [-0.2, -0.15) is 5.10 Å². The van der Waals surface area contributed by atoms with E-state index in [1.165, 1.54) is 31.6 Å². The van der Waals surface area contributed by atoms with Crippen molar-refractivity contribution in [3.8, 4) is 0 Å². The summed E-state index contributed by atoms with van der Waals surface area (Å²) < 4.78 is 5.20. The molecule has 0 radical (unpaired) electrons. The van der Waals surface area contributed by atoms with Crippen molar-refractivity contribution < 1.29 is 0 Å². The lowest BCUT2D eigenvalue weighted by molar-refractivity contribution is 0.0577. The Hall–Kier alpha value is -1.14. The maximum Gasteiger partial charge on any atom is 0.179 e. The van der Waals surface area contributed by atoms with Gasteiger partial charge in [0.05, 0.1) is 11.7 Å². The lowest BCUT2D eigenvalue weighted by atomic mass is 9.84. The van der Waals surface area contributed by atoms with Crippen LogP contribution in [0.4, 0.5) is 0 Å². The third-order valence-corrected chi connectivity index (χ3v) is 5.36. The van der Waals surface area contributed by atoms with Gasteiger partial charge in [-0.15, -0.1) is 0 Å². The summed E-state index contributed by atoms with van der Waals surface area (Å²) in [6.07, 6.45) is 3.54. The van der Waals surface area contributed by atoms with Gasteiger partial charge >= 0.3 is 0 Å². The number of aromatic amines is 1. The van der Waals surface area contributed by atoms with Gasteiger partial charge in [0.15, 0.2) is 10.4 Å². The third-order valence-electron chi connectivity index (χ3n) is 5.06. The van der Waals surface area contributed by atoms with Crippen LogP contribution in [-0.2, 0) is 13.5 Å². The monoisotopic (exact) mass is 291 g/mol. The van der Waals surface area contributed by atoms with Crippen LogP contribution in [0.25, 0.3) is 11.2 Å². The molecule has 5 nitrogen and oxygen atoms in total. The van der Waals surface area contributed by atoms with Crippen molar-refractivity contribution in [1.82, 2.24) is 24.2 Å². The normalized spacial score (nSPS) is 29.4. The summed E-state index contributed by atoms with van der Waals surface area (Å²) in [5.41, 5.74) is 3.43. The van der Waals surface area contributed by atoms with Gasteiger partial charge < -0.3 is 9.88 Å². The Morgan fingerprint density at radius 2 is 2.10 bits per heavy atom. The van der Waals surface area contributed by atoms with E-state index in [9.17, 15) is 0 Å². The number of rotatable bonds is 2. The first kappa shape index (κ1) is 12.6. The molecule has 5 heterocycles. The lowest BCUT2D eigenvalue weighted by Gasteiger charge is -2.45. The molecule has 1 N–H and O–H groups in total. The molecule has 3 fully saturated rings. The highest BCUT2D eigenvalue weighted by atomic mass is 32.1. The Bertz CT molecular complexity index is 701. The topological polar surface area (TPSA) is 41.8 Å². The second kappa shape index (κ2) is 4.43. The summed E-state index contributed by atoms with van der Waals surface area (Å²) in [7, 11) is 2.03. The number of hydrogen-bond acceptors (Lipinski definition) is 3. The van der Waals surface area contributed by atoms with E-state index in [2.05, 4.69) is 26.5 Å². The Morgan fingerprint density at radius 1 is 1.35 bits per heavy atom. The molecule has 0 aromatic carbocycles. The van der Waals surface area contributed by atoms with E-state index >= 15 is 0 Å². The highest BCUT2D eigenvalue weighted by molar-refractivity contribution is 7.71. The van der Waals surface area contributed by atoms with Crippen LogP contribution in [0, 0.1) is 10.7 Å². The average molecular weight is 291 g/mol. The molecule has 3 aliphatic heterocycles. The molecule has 3 saturated heterocycles. The number of nitrogens with zero attached hydrogens (tertiary/aromatic N) is 4. The van der Waals surface area contributed by atoms with Crippen LogP contribution in [0.1, 0.15) is 31.5 Å². The van der Waals surface area contributed by atoms with Crippen molar-refractivity contribution >= 4 is 23.4 Å². The van der Waals surface area contributed by atoms with Crippen molar-refractivity contribution in [1.29, 1.82) is 0 Å². The summed E-state index contributed by atoms with van der Waals surface area (Å²) in [5.74, 6) is 0.769. The molecule has 108 valence electrons. The van der Waals surface area contributed by atoms with Gasteiger partial charge in [-0.05, 0) is 50.5 Å². The second-order valence-corrected chi connectivity index (χ2v) is 6.51. The number of H-pyrrole nitrogens is 1. The van der Waals surface area contributed by atoms with Crippen molar-refractivity contribution in [2.45, 2.75) is 32.2 Å². The first-order valence-corrected chi connectivity index (χ1v) is 7.98. The molecule has 3 aliphatic rings. The van der Waals surface area contributed by atoms with Crippen LogP contribution in [0.3, 0.4) is 0 Å². The van der Waals surface area contributed by atoms with Crippen molar-refractivity contribution in [2.75, 3.05) is 19.6 Å². The summed E-state index contributed by atoms with van der Waals surface area (Å²) in [6, 6.07) is 0.513. The lowest BCUT2D eigenvalue weighted by Crippen LogP contribution is -2.48. The van der Waals surface area contributed by atoms with Crippen LogP contribution in [0.2, 0.25) is 0 Å². The quantitative estimate of drug-likeness (QED) is 0.863. The summed E-state index contributed by atoms with van der Waals surface area (Å²) in [5, 5.41) is 4.63. The predicted octanol–water partition coefficient (Wildman–Crippen LogP) is 2.26. The minimum atomic E-state index is 0.513. The first-order chi connectivity index (χ1) is 9.69. The molecule has 1 atom stereocenters. The number of piperidine rings is 3. The van der Waals surface area contributed by atoms with E-state index in [0.717, 1.165) is 34.9 Å². The van der Waals surface area contributed by atoms with Gasteiger partial charge in [0.2, 0.25) is 0 Å². The third kappa shape index (κ3) is 1.64. The van der Waals surface area contributed by atoms with E-state index in [0.29, 0.717) is 6.04 Å². The van der Waals surface area contributed by atoms with Crippen LogP contribution in [-0.4, -0.2) is 43.9 Å². The second-order valence-electron chi connectivity index (χ2n) is 6.13. The largest absolute Gasteiger partial charge is 0.328 e. The molecule has 1 unspecified atom stereocenters. The molecule has 0 amide bonds. The van der Waals surface area contributed by atoms with E-state index in [-0.39, 0.29) is 0 Å². The maximum absolute atomic E-state index is 5.62. The standard InChI is InChI=1S/C14H21N5S/c1-3-10-12-13(17(2)16-10)19(14(20)15-12)11-8-18-6-4-9(11)5-7-18/h9,11H,3-8H2,1-2H3,(H,15,20). The average Bonchev–Trinajstić information content (AvgIpc) is 2.96. The van der Waals surface area contributed by atoms with E-state index < -0.39 is 0 Å². The number of fused-ring (bicyclic) bond motifs is 4. The minimum Gasteiger partial charge on any atom is -0.328 e. The summed E-state index contributed by atoms with van der Waals surface area (Å²) in [4.78, 5) is 5.97. The molecule has 2 aromatic heterocycles. The molecule has 20 heavy (non-hydrogen) atoms. The molecule has 2 aromatic rings. The number of nitrogens with one attached hydrogen (secondary N) is 1. The predicted molar refractivity (Wildman–Crippen MR) is 81.5 cm³/mol. The number of aromatic nitrogens is 4. The van der Waals surface area contributed by atoms with Crippen molar-refractivity contribution in [2.24, 2.45) is 13.0 Å². The SMILES string of the molecule is CCc1nn(C)c2c1[nH]c(=S)n2C1CN2CCC1CC2. The number of aryl methyl sites for hydroxylation is 2. The molecule has 5 rings (SSSR count). The van der Waals surface area contributed by atoms with Crippen LogP contribution in [0.15, 0.2) is 0 Å². The summed E-state index contributed by atoms with van der Waals surface area (Å²) in [6.45, 7) is 5.80. The molecular weight excluding hydrogens is 270 g/mol. The minimum absolute atomic E-state index is 0.513. The van der Waals surface area contributed by atoms with Gasteiger partial charge in [0.1, 0.15) is 5.52 Å².